The van der Waals surface area contributed by atoms with Crippen molar-refractivity contribution in [2.75, 3.05) is 18.4 Å². The smallest absolute Gasteiger partial charge is 0.312 e. The molecule has 0 aromatic heterocycles. The number of esters is 1. The lowest BCUT2D eigenvalue weighted by atomic mass is 10.0. The van der Waals surface area contributed by atoms with Crippen LogP contribution in [0.25, 0.3) is 0 Å². The zero-order chi connectivity index (χ0) is 32.8. The number of hydrogen-bond acceptors (Lipinski definition) is 8. The van der Waals surface area contributed by atoms with Crippen molar-refractivity contribution in [3.63, 3.8) is 0 Å². The molecule has 44 heavy (non-hydrogen) atoms. The lowest BCUT2D eigenvalue weighted by Gasteiger charge is -2.25. The number of ether oxygens (including phenoxy) is 1. The number of imide groups is 1. The molecule has 6 N–H and O–H groups in total. The molecule has 0 radical (unpaired) electrons. The van der Waals surface area contributed by atoms with E-state index in [0.717, 1.165) is 5.56 Å². The second-order valence-corrected chi connectivity index (χ2v) is 11.2. The van der Waals surface area contributed by atoms with Crippen LogP contribution in [0.4, 0.5) is 10.5 Å². The Bertz CT molecular complexity index is 1200. The molecule has 1 saturated heterocycles. The molecular formula is C30H44N6O8. The number of rotatable bonds is 17. The van der Waals surface area contributed by atoms with Gasteiger partial charge in [0.15, 0.2) is 0 Å². The molecule has 0 saturated carbocycles. The van der Waals surface area contributed by atoms with Crippen molar-refractivity contribution in [1.29, 1.82) is 0 Å². The van der Waals surface area contributed by atoms with E-state index in [0.29, 0.717) is 24.9 Å². The molecule has 0 aliphatic carbocycles. The molecule has 1 aromatic carbocycles. The predicted molar refractivity (Wildman–Crippen MR) is 160 cm³/mol. The summed E-state index contributed by atoms with van der Waals surface area (Å²) in [6, 6.07) is 4.02. The topological polar surface area (TPSA) is 206 Å². The van der Waals surface area contributed by atoms with Crippen molar-refractivity contribution < 1.29 is 38.3 Å². The largest absolute Gasteiger partial charge is 0.461 e. The Kier molecular flexibility index (Phi) is 14.3. The first kappa shape index (κ1) is 35.7. The van der Waals surface area contributed by atoms with Crippen LogP contribution in [0.15, 0.2) is 24.3 Å². The van der Waals surface area contributed by atoms with E-state index < -0.39 is 35.9 Å². The third-order valence-electron chi connectivity index (χ3n) is 7.04. The first-order valence-electron chi connectivity index (χ1n) is 14.8. The Morgan fingerprint density at radius 1 is 1.00 bits per heavy atom. The van der Waals surface area contributed by atoms with Crippen LogP contribution in [0.1, 0.15) is 71.8 Å². The molecule has 14 nitrogen and oxygen atoms in total. The summed E-state index contributed by atoms with van der Waals surface area (Å²) < 4.78 is 4.96. The highest BCUT2D eigenvalue weighted by Gasteiger charge is 2.35. The maximum atomic E-state index is 13.3. The zero-order valence-corrected chi connectivity index (χ0v) is 25.8. The van der Waals surface area contributed by atoms with E-state index in [4.69, 9.17) is 10.5 Å². The average Bonchev–Trinajstić information content (AvgIpc) is 3.20. The van der Waals surface area contributed by atoms with E-state index in [2.05, 4.69) is 21.3 Å². The van der Waals surface area contributed by atoms with Crippen molar-refractivity contribution in [3.8, 4) is 0 Å². The number of nitrogens with zero attached hydrogens (tertiary/aromatic N) is 1. The first-order chi connectivity index (χ1) is 20.8. The molecule has 0 bridgehead atoms. The van der Waals surface area contributed by atoms with Crippen LogP contribution < -0.4 is 27.0 Å². The van der Waals surface area contributed by atoms with Gasteiger partial charge in [0.2, 0.25) is 29.5 Å². The van der Waals surface area contributed by atoms with Gasteiger partial charge in [0.05, 0.1) is 0 Å². The number of anilines is 1. The number of hydrogen-bond donors (Lipinski definition) is 5. The molecule has 1 aliphatic heterocycles. The number of unbranched alkanes of at least 4 members (excludes halogenated alkanes) is 1. The Labute approximate surface area is 257 Å². The maximum Gasteiger partial charge on any atom is 0.312 e. The Morgan fingerprint density at radius 3 is 2.25 bits per heavy atom. The fourth-order valence-corrected chi connectivity index (χ4v) is 4.57. The molecular weight excluding hydrogens is 572 g/mol. The zero-order valence-electron chi connectivity index (χ0n) is 25.8. The van der Waals surface area contributed by atoms with E-state index in [1.807, 2.05) is 0 Å². The van der Waals surface area contributed by atoms with Crippen molar-refractivity contribution in [1.82, 2.24) is 20.9 Å². The molecule has 3 unspecified atom stereocenters. The first-order valence-corrected chi connectivity index (χ1v) is 14.8. The van der Waals surface area contributed by atoms with E-state index in [9.17, 15) is 33.6 Å². The molecule has 1 aromatic rings. The molecule has 242 valence electrons. The highest BCUT2D eigenvalue weighted by Crippen LogP contribution is 2.19. The van der Waals surface area contributed by atoms with E-state index in [1.165, 1.54) is 11.8 Å². The number of primary amides is 1. The summed E-state index contributed by atoms with van der Waals surface area (Å²) in [5.74, 6) is -2.85. The van der Waals surface area contributed by atoms with Gasteiger partial charge in [-0.1, -0.05) is 32.9 Å². The fourth-order valence-electron chi connectivity index (χ4n) is 4.57. The average molecular weight is 617 g/mol. The third-order valence-corrected chi connectivity index (χ3v) is 7.04. The lowest BCUT2D eigenvalue weighted by Crippen LogP contribution is -2.54. The molecule has 2 rings (SSSR count). The highest BCUT2D eigenvalue weighted by atomic mass is 16.5. The van der Waals surface area contributed by atoms with Gasteiger partial charge >= 0.3 is 12.0 Å². The van der Waals surface area contributed by atoms with Gasteiger partial charge in [0.1, 0.15) is 18.7 Å². The summed E-state index contributed by atoms with van der Waals surface area (Å²) in [7, 11) is 0. The normalized spacial score (nSPS) is 15.8. The van der Waals surface area contributed by atoms with Crippen molar-refractivity contribution in [2.24, 2.45) is 17.6 Å². The van der Waals surface area contributed by atoms with Gasteiger partial charge in [-0.25, -0.2) is 4.79 Å². The molecule has 7 amide bonds. The van der Waals surface area contributed by atoms with E-state index in [-0.39, 0.29) is 68.5 Å². The number of carbonyl (C=O) groups is 7. The number of amides is 7. The summed E-state index contributed by atoms with van der Waals surface area (Å²) >= 11 is 0. The molecule has 3 atom stereocenters. The molecule has 1 aliphatic rings. The highest BCUT2D eigenvalue weighted by molar-refractivity contribution is 6.03. The molecule has 14 heteroatoms. The van der Waals surface area contributed by atoms with E-state index in [1.54, 1.807) is 45.0 Å². The predicted octanol–water partition coefficient (Wildman–Crippen LogP) is 1.33. The van der Waals surface area contributed by atoms with Gasteiger partial charge in [-0.05, 0) is 49.3 Å². The van der Waals surface area contributed by atoms with Crippen molar-refractivity contribution in [3.05, 3.63) is 29.8 Å². The second kappa shape index (κ2) is 17.6. The van der Waals surface area contributed by atoms with Crippen LogP contribution >= 0.6 is 0 Å². The maximum absolute atomic E-state index is 13.3. The van der Waals surface area contributed by atoms with Crippen LogP contribution in [0.3, 0.4) is 0 Å². The summed E-state index contributed by atoms with van der Waals surface area (Å²) in [5, 5.41) is 10.7. The second-order valence-electron chi connectivity index (χ2n) is 11.2. The summed E-state index contributed by atoms with van der Waals surface area (Å²) in [5.41, 5.74) is 6.30. The number of nitrogens with two attached hydrogens (primary N) is 1. The van der Waals surface area contributed by atoms with E-state index >= 15 is 0 Å². The minimum Gasteiger partial charge on any atom is -0.461 e. The van der Waals surface area contributed by atoms with Gasteiger partial charge in [0, 0.05) is 44.5 Å². The minimum atomic E-state index is -0.992. The van der Waals surface area contributed by atoms with Crippen molar-refractivity contribution in [2.45, 2.75) is 84.9 Å². The quantitative estimate of drug-likeness (QED) is 0.0978. The van der Waals surface area contributed by atoms with Crippen molar-refractivity contribution >= 4 is 47.2 Å². The standard InChI is InChI=1S/C30H44N6O8/c1-18(2)26(35-24(38)9-5-6-15-36-25(39)16-19(3)29(36)42)28(41)34-23(8-7-14-32-30(31)43)27(40)33-22-12-10-21(11-13-22)17-44-20(4)37/h10-13,18-19,23,26H,5-9,14-17H2,1-4H3,(H,33,40)(H,34,41)(H,35,38)(H3,31,32,43). The molecule has 1 fully saturated rings. The molecule has 1 heterocycles. The van der Waals surface area contributed by atoms with Gasteiger partial charge in [0.25, 0.3) is 0 Å². The fraction of sp³-hybridized carbons (Fsp3) is 0.567. The number of carbonyl (C=O) groups excluding carboxylic acids is 7. The van der Waals surface area contributed by atoms with Crippen LogP contribution in [-0.4, -0.2) is 71.6 Å². The van der Waals surface area contributed by atoms with Crippen LogP contribution in [0.2, 0.25) is 0 Å². The van der Waals surface area contributed by atoms with Crippen LogP contribution in [0, 0.1) is 11.8 Å². The summed E-state index contributed by atoms with van der Waals surface area (Å²) in [4.78, 5) is 86.5. The third kappa shape index (κ3) is 12.0. The number of urea groups is 1. The lowest BCUT2D eigenvalue weighted by molar-refractivity contribution is -0.142. The van der Waals surface area contributed by atoms with Gasteiger partial charge < -0.3 is 31.7 Å². The van der Waals surface area contributed by atoms with Gasteiger partial charge in [-0.15, -0.1) is 0 Å². The van der Waals surface area contributed by atoms with Gasteiger partial charge in [-0.3, -0.25) is 33.7 Å². The SMILES string of the molecule is CC(=O)OCc1ccc(NC(=O)C(CCCNC(N)=O)NC(=O)C(NC(=O)CCCCN2C(=O)CC(C)C2=O)C(C)C)cc1. The van der Waals surface area contributed by atoms with Gasteiger partial charge in [-0.2, -0.15) is 0 Å². The minimum absolute atomic E-state index is 0.0918. The Balaban J connectivity index is 1.97. The summed E-state index contributed by atoms with van der Waals surface area (Å²) in [6.07, 6.45) is 1.69. The van der Waals surface area contributed by atoms with Crippen LogP contribution in [-0.2, 0) is 40.1 Å². The number of nitrogens with one attached hydrogen (secondary N) is 4. The monoisotopic (exact) mass is 616 g/mol. The molecule has 0 spiro atoms. The summed E-state index contributed by atoms with van der Waals surface area (Å²) in [6.45, 7) is 7.08. The van der Waals surface area contributed by atoms with Crippen LogP contribution in [0.5, 0.6) is 0 Å². The Morgan fingerprint density at radius 2 is 1.68 bits per heavy atom. The Hall–Kier alpha value is -4.49. The number of likely N-dealkylation sites (tertiary alicyclic amines) is 1. The number of benzene rings is 1.